The largest absolute Gasteiger partial charge is 0.416 e. The van der Waals surface area contributed by atoms with Gasteiger partial charge in [-0.3, -0.25) is 4.79 Å². The van der Waals surface area contributed by atoms with Crippen LogP contribution in [0.1, 0.15) is 24.0 Å². The normalized spacial score (nSPS) is 27.7. The molecule has 1 aromatic carbocycles. The number of benzene rings is 1. The molecule has 126 valence electrons. The molecule has 3 rings (SSSR count). The van der Waals surface area contributed by atoms with Gasteiger partial charge in [0, 0.05) is 24.4 Å². The van der Waals surface area contributed by atoms with Crippen molar-refractivity contribution in [2.75, 3.05) is 13.2 Å². The number of alkyl halides is 3. The highest BCUT2D eigenvalue weighted by Gasteiger charge is 2.37. The van der Waals surface area contributed by atoms with Crippen LogP contribution in [0.5, 0.6) is 0 Å². The van der Waals surface area contributed by atoms with Gasteiger partial charge in [0.15, 0.2) is 0 Å². The number of ketones is 1. The van der Waals surface area contributed by atoms with E-state index in [1.807, 2.05) is 0 Å². The quantitative estimate of drug-likeness (QED) is 0.866. The van der Waals surface area contributed by atoms with Gasteiger partial charge in [-0.15, -0.1) is 0 Å². The number of fused-ring (bicyclic) bond motifs is 2. The molecule has 2 bridgehead atoms. The van der Waals surface area contributed by atoms with Crippen molar-refractivity contribution in [1.29, 1.82) is 0 Å². The van der Waals surface area contributed by atoms with Crippen LogP contribution in [0.4, 0.5) is 17.6 Å². The van der Waals surface area contributed by atoms with E-state index in [1.54, 1.807) is 0 Å². The Kier molecular flexibility index (Phi) is 4.42. The Bertz CT molecular complexity index is 590. The smallest absolute Gasteiger partial charge is 0.378 e. The van der Waals surface area contributed by atoms with E-state index in [9.17, 15) is 22.4 Å². The third-order valence-electron chi connectivity index (χ3n) is 4.44. The number of piperidine rings is 1. The van der Waals surface area contributed by atoms with Gasteiger partial charge in [-0.25, -0.2) is 4.39 Å². The van der Waals surface area contributed by atoms with Crippen LogP contribution < -0.4 is 5.32 Å². The molecule has 2 heterocycles. The van der Waals surface area contributed by atoms with Crippen molar-refractivity contribution < 1.29 is 27.1 Å². The molecule has 3 nitrogen and oxygen atoms in total. The van der Waals surface area contributed by atoms with Gasteiger partial charge >= 0.3 is 6.18 Å². The molecular formula is C16H17F4NO2. The second-order valence-electron chi connectivity index (χ2n) is 6.21. The Morgan fingerprint density at radius 2 is 1.87 bits per heavy atom. The van der Waals surface area contributed by atoms with Crippen LogP contribution in [0.15, 0.2) is 18.2 Å². The van der Waals surface area contributed by atoms with Gasteiger partial charge in [0.1, 0.15) is 11.6 Å². The number of hydrogen-bond donors (Lipinski definition) is 1. The Hall–Kier alpha value is -1.47. The highest BCUT2D eigenvalue weighted by Crippen LogP contribution is 2.34. The summed E-state index contributed by atoms with van der Waals surface area (Å²) in [7, 11) is 0. The Morgan fingerprint density at radius 3 is 2.48 bits per heavy atom. The zero-order chi connectivity index (χ0) is 16.6. The van der Waals surface area contributed by atoms with Crippen molar-refractivity contribution in [3.05, 3.63) is 35.1 Å². The molecule has 0 radical (unpaired) electrons. The number of halogens is 4. The number of nitrogens with one attached hydrogen (secondary N) is 1. The average Bonchev–Trinajstić information content (AvgIpc) is 2.45. The van der Waals surface area contributed by atoms with Crippen LogP contribution in [0.3, 0.4) is 0 Å². The molecule has 0 aromatic heterocycles. The first kappa shape index (κ1) is 16.4. The molecule has 0 spiro atoms. The minimum atomic E-state index is -4.60. The lowest BCUT2D eigenvalue weighted by Crippen LogP contribution is -2.55. The summed E-state index contributed by atoms with van der Waals surface area (Å²) < 4.78 is 57.7. The highest BCUT2D eigenvalue weighted by atomic mass is 19.4. The van der Waals surface area contributed by atoms with E-state index in [2.05, 4.69) is 5.32 Å². The van der Waals surface area contributed by atoms with E-state index >= 15 is 0 Å². The zero-order valence-corrected chi connectivity index (χ0v) is 12.3. The number of hydrogen-bond acceptors (Lipinski definition) is 3. The van der Waals surface area contributed by atoms with Crippen LogP contribution in [-0.2, 0) is 22.1 Å². The SMILES string of the molecule is O=C(Cc1cc(F)ccc1C(F)(F)F)C1CC2COCC(C1)N2. The number of ether oxygens (including phenoxy) is 1. The number of rotatable bonds is 3. The lowest BCUT2D eigenvalue weighted by atomic mass is 9.82. The van der Waals surface area contributed by atoms with Crippen molar-refractivity contribution in [2.24, 2.45) is 5.92 Å². The second-order valence-corrected chi connectivity index (χ2v) is 6.21. The maximum atomic E-state index is 13.3. The fraction of sp³-hybridized carbons (Fsp3) is 0.562. The van der Waals surface area contributed by atoms with E-state index < -0.39 is 24.0 Å². The fourth-order valence-electron chi connectivity index (χ4n) is 3.42. The van der Waals surface area contributed by atoms with Crippen LogP contribution in [0.2, 0.25) is 0 Å². The van der Waals surface area contributed by atoms with E-state index in [0.29, 0.717) is 32.1 Å². The maximum Gasteiger partial charge on any atom is 0.416 e. The molecule has 2 aliphatic rings. The van der Waals surface area contributed by atoms with Crippen molar-refractivity contribution >= 4 is 5.78 Å². The molecule has 0 saturated carbocycles. The fourth-order valence-corrected chi connectivity index (χ4v) is 3.42. The maximum absolute atomic E-state index is 13.3. The molecule has 0 aliphatic carbocycles. The lowest BCUT2D eigenvalue weighted by molar-refractivity contribution is -0.138. The van der Waals surface area contributed by atoms with E-state index in [1.165, 1.54) is 0 Å². The number of Topliss-reactive ketones (excluding diaryl/α,β-unsaturated/α-hetero) is 1. The van der Waals surface area contributed by atoms with E-state index in [4.69, 9.17) is 4.74 Å². The highest BCUT2D eigenvalue weighted by molar-refractivity contribution is 5.84. The Labute approximate surface area is 131 Å². The van der Waals surface area contributed by atoms with Crippen molar-refractivity contribution in [2.45, 2.75) is 37.5 Å². The van der Waals surface area contributed by atoms with Crippen molar-refractivity contribution in [1.82, 2.24) is 5.32 Å². The first-order chi connectivity index (χ1) is 10.8. The van der Waals surface area contributed by atoms with Gasteiger partial charge in [0.2, 0.25) is 0 Å². The summed E-state index contributed by atoms with van der Waals surface area (Å²) in [5.74, 6) is -1.34. The van der Waals surface area contributed by atoms with Gasteiger partial charge in [-0.2, -0.15) is 13.2 Å². The monoisotopic (exact) mass is 331 g/mol. The van der Waals surface area contributed by atoms with Gasteiger partial charge in [0.05, 0.1) is 18.8 Å². The molecule has 1 N–H and O–H groups in total. The molecule has 1 aromatic rings. The zero-order valence-electron chi connectivity index (χ0n) is 12.3. The molecule has 0 amide bonds. The van der Waals surface area contributed by atoms with Crippen LogP contribution in [0, 0.1) is 11.7 Å². The molecular weight excluding hydrogens is 314 g/mol. The van der Waals surface area contributed by atoms with Gasteiger partial charge in [0.25, 0.3) is 0 Å². The van der Waals surface area contributed by atoms with Gasteiger partial charge in [-0.05, 0) is 36.6 Å². The molecule has 2 fully saturated rings. The summed E-state index contributed by atoms with van der Waals surface area (Å²) in [6, 6.07) is 2.40. The third kappa shape index (κ3) is 3.72. The Morgan fingerprint density at radius 1 is 1.22 bits per heavy atom. The molecule has 7 heteroatoms. The van der Waals surface area contributed by atoms with E-state index in [0.717, 1.165) is 12.1 Å². The van der Waals surface area contributed by atoms with Crippen LogP contribution in [-0.4, -0.2) is 31.1 Å². The molecule has 2 unspecified atom stereocenters. The second kappa shape index (κ2) is 6.20. The predicted molar refractivity (Wildman–Crippen MR) is 74.4 cm³/mol. The van der Waals surface area contributed by atoms with Gasteiger partial charge < -0.3 is 10.1 Å². The van der Waals surface area contributed by atoms with Gasteiger partial charge in [-0.1, -0.05) is 0 Å². The predicted octanol–water partition coefficient (Wildman–Crippen LogP) is 2.72. The summed E-state index contributed by atoms with van der Waals surface area (Å²) in [5.41, 5.74) is -1.23. The minimum Gasteiger partial charge on any atom is -0.378 e. The summed E-state index contributed by atoms with van der Waals surface area (Å²) in [6.07, 6.45) is -3.89. The molecule has 2 atom stereocenters. The summed E-state index contributed by atoms with van der Waals surface area (Å²) in [5, 5.41) is 3.33. The molecule has 2 saturated heterocycles. The summed E-state index contributed by atoms with van der Waals surface area (Å²) in [6.45, 7) is 1.02. The van der Waals surface area contributed by atoms with Crippen molar-refractivity contribution in [3.8, 4) is 0 Å². The first-order valence-electron chi connectivity index (χ1n) is 7.55. The minimum absolute atomic E-state index is 0.0612. The molecule has 23 heavy (non-hydrogen) atoms. The number of carbonyl (C=O) groups is 1. The first-order valence-corrected chi connectivity index (χ1v) is 7.55. The summed E-state index contributed by atoms with van der Waals surface area (Å²) in [4.78, 5) is 12.4. The third-order valence-corrected chi connectivity index (χ3v) is 4.44. The standard InChI is InChI=1S/C16H17F4NO2/c17-11-1-2-14(16(18,19)20)9(3-11)6-15(22)10-4-12-7-23-8-13(5-10)21-12/h1-3,10,12-13,21H,4-8H2. The average molecular weight is 331 g/mol. The summed E-state index contributed by atoms with van der Waals surface area (Å²) >= 11 is 0. The topological polar surface area (TPSA) is 38.3 Å². The molecule has 2 aliphatic heterocycles. The number of carbonyl (C=O) groups excluding carboxylic acids is 1. The van der Waals surface area contributed by atoms with Crippen molar-refractivity contribution in [3.63, 3.8) is 0 Å². The Balaban J connectivity index is 1.76. The van der Waals surface area contributed by atoms with Crippen LogP contribution in [0.25, 0.3) is 0 Å². The van der Waals surface area contributed by atoms with E-state index in [-0.39, 0.29) is 29.3 Å². The number of morpholine rings is 1. The lowest BCUT2D eigenvalue weighted by Gasteiger charge is -2.39. The van der Waals surface area contributed by atoms with Crippen LogP contribution >= 0.6 is 0 Å².